The van der Waals surface area contributed by atoms with Crippen LogP contribution in [0.25, 0.3) is 0 Å². The average Bonchev–Trinajstić information content (AvgIpc) is 1.93. The Morgan fingerprint density at radius 3 is 2.73 bits per heavy atom. The molecule has 11 heavy (non-hydrogen) atoms. The van der Waals surface area contributed by atoms with Crippen molar-refractivity contribution in [3.8, 4) is 0 Å². The van der Waals surface area contributed by atoms with Crippen LogP contribution in [0.1, 0.15) is 19.3 Å². The highest BCUT2D eigenvalue weighted by Crippen LogP contribution is 2.20. The van der Waals surface area contributed by atoms with Gasteiger partial charge < -0.3 is 10.8 Å². The smallest absolute Gasteiger partial charge is 0.303 e. The van der Waals surface area contributed by atoms with Crippen LogP contribution < -0.4 is 5.73 Å². The van der Waals surface area contributed by atoms with E-state index in [1.54, 1.807) is 0 Å². The van der Waals surface area contributed by atoms with Gasteiger partial charge in [-0.05, 0) is 18.8 Å². The zero-order valence-corrected chi connectivity index (χ0v) is 6.36. The number of carboxylic acids is 1. The molecule has 2 unspecified atom stereocenters. The Balaban J connectivity index is 2.44. The van der Waals surface area contributed by atoms with Gasteiger partial charge in [-0.3, -0.25) is 4.79 Å². The molecule has 2 atom stereocenters. The monoisotopic (exact) mass is 155 g/mol. The summed E-state index contributed by atoms with van der Waals surface area (Å²) >= 11 is 0. The highest BCUT2D eigenvalue weighted by Gasteiger charge is 2.20. The molecule has 1 aliphatic rings. The van der Waals surface area contributed by atoms with Gasteiger partial charge in [-0.2, -0.15) is 0 Å². The second-order valence-corrected chi connectivity index (χ2v) is 2.96. The topological polar surface area (TPSA) is 63.3 Å². The summed E-state index contributed by atoms with van der Waals surface area (Å²) in [6.45, 7) is 0. The molecule has 3 N–H and O–H groups in total. The van der Waals surface area contributed by atoms with Crippen molar-refractivity contribution in [2.24, 2.45) is 11.7 Å². The normalized spacial score (nSPS) is 30.3. The molecule has 0 bridgehead atoms. The van der Waals surface area contributed by atoms with Crippen LogP contribution in [0.4, 0.5) is 0 Å². The van der Waals surface area contributed by atoms with Gasteiger partial charge in [-0.1, -0.05) is 12.2 Å². The lowest BCUT2D eigenvalue weighted by atomic mass is 9.87. The van der Waals surface area contributed by atoms with Gasteiger partial charge in [0.05, 0.1) is 0 Å². The average molecular weight is 155 g/mol. The standard InChI is InChI=1S/C8H13NO2/c9-7-4-2-1-3-6(7)5-8(10)11/h1-2,6-7H,3-5,9H2,(H,10,11). The lowest BCUT2D eigenvalue weighted by Gasteiger charge is -2.22. The molecular weight excluding hydrogens is 142 g/mol. The minimum absolute atomic E-state index is 0.0381. The maximum atomic E-state index is 10.3. The molecule has 0 aliphatic heterocycles. The second kappa shape index (κ2) is 3.53. The number of hydrogen-bond donors (Lipinski definition) is 2. The second-order valence-electron chi connectivity index (χ2n) is 2.96. The van der Waals surface area contributed by atoms with E-state index in [1.807, 2.05) is 12.2 Å². The predicted molar refractivity (Wildman–Crippen MR) is 42.1 cm³/mol. The number of carbonyl (C=O) groups is 1. The quantitative estimate of drug-likeness (QED) is 0.578. The van der Waals surface area contributed by atoms with Crippen molar-refractivity contribution in [2.45, 2.75) is 25.3 Å². The van der Waals surface area contributed by atoms with Crippen LogP contribution in [0.5, 0.6) is 0 Å². The molecule has 0 amide bonds. The SMILES string of the molecule is NC1CC=CCC1CC(=O)O. The van der Waals surface area contributed by atoms with E-state index >= 15 is 0 Å². The van der Waals surface area contributed by atoms with Gasteiger partial charge in [0, 0.05) is 12.5 Å². The highest BCUT2D eigenvalue weighted by atomic mass is 16.4. The molecule has 1 rings (SSSR count). The van der Waals surface area contributed by atoms with Crippen molar-refractivity contribution in [3.63, 3.8) is 0 Å². The van der Waals surface area contributed by atoms with E-state index in [1.165, 1.54) is 0 Å². The van der Waals surface area contributed by atoms with Crippen LogP contribution in [0.3, 0.4) is 0 Å². The Morgan fingerprint density at radius 1 is 1.55 bits per heavy atom. The number of carboxylic acid groups (broad SMARTS) is 1. The number of allylic oxidation sites excluding steroid dienone is 1. The first-order valence-electron chi connectivity index (χ1n) is 3.82. The van der Waals surface area contributed by atoms with Crippen molar-refractivity contribution in [3.05, 3.63) is 12.2 Å². The van der Waals surface area contributed by atoms with Crippen molar-refractivity contribution in [1.29, 1.82) is 0 Å². The first-order chi connectivity index (χ1) is 5.20. The van der Waals surface area contributed by atoms with Crippen molar-refractivity contribution >= 4 is 5.97 Å². The lowest BCUT2D eigenvalue weighted by molar-refractivity contribution is -0.138. The predicted octanol–water partition coefficient (Wildman–Crippen LogP) is 0.755. The van der Waals surface area contributed by atoms with Gasteiger partial charge in [0.25, 0.3) is 0 Å². The maximum Gasteiger partial charge on any atom is 0.303 e. The summed E-state index contributed by atoms with van der Waals surface area (Å²) in [5.41, 5.74) is 5.71. The molecule has 0 aromatic carbocycles. The van der Waals surface area contributed by atoms with E-state index in [0.29, 0.717) is 0 Å². The van der Waals surface area contributed by atoms with Gasteiger partial charge in [0.1, 0.15) is 0 Å². The van der Waals surface area contributed by atoms with E-state index < -0.39 is 5.97 Å². The van der Waals surface area contributed by atoms with Gasteiger partial charge in [0.2, 0.25) is 0 Å². The first kappa shape index (κ1) is 8.27. The molecule has 0 radical (unpaired) electrons. The zero-order chi connectivity index (χ0) is 8.27. The molecule has 0 saturated heterocycles. The summed E-state index contributed by atoms with van der Waals surface area (Å²) in [6.07, 6.45) is 5.86. The molecule has 3 nitrogen and oxygen atoms in total. The van der Waals surface area contributed by atoms with Gasteiger partial charge >= 0.3 is 5.97 Å². The van der Waals surface area contributed by atoms with Crippen molar-refractivity contribution in [2.75, 3.05) is 0 Å². The molecule has 62 valence electrons. The van der Waals surface area contributed by atoms with Gasteiger partial charge in [0.15, 0.2) is 0 Å². The molecule has 3 heteroatoms. The van der Waals surface area contributed by atoms with E-state index in [4.69, 9.17) is 10.8 Å². The van der Waals surface area contributed by atoms with E-state index in [-0.39, 0.29) is 18.4 Å². The maximum absolute atomic E-state index is 10.3. The number of aliphatic carboxylic acids is 1. The Morgan fingerprint density at radius 2 is 2.18 bits per heavy atom. The summed E-state index contributed by atoms with van der Waals surface area (Å²) < 4.78 is 0. The first-order valence-corrected chi connectivity index (χ1v) is 3.82. The largest absolute Gasteiger partial charge is 0.481 e. The van der Waals surface area contributed by atoms with Crippen molar-refractivity contribution < 1.29 is 9.90 Å². The zero-order valence-electron chi connectivity index (χ0n) is 6.36. The van der Waals surface area contributed by atoms with Crippen LogP contribution in [-0.4, -0.2) is 17.1 Å². The van der Waals surface area contributed by atoms with E-state index in [0.717, 1.165) is 12.8 Å². The van der Waals surface area contributed by atoms with Crippen molar-refractivity contribution in [1.82, 2.24) is 0 Å². The van der Waals surface area contributed by atoms with Crippen LogP contribution in [0.15, 0.2) is 12.2 Å². The molecule has 0 aromatic rings. The molecular formula is C8H13NO2. The summed E-state index contributed by atoms with van der Waals surface area (Å²) in [6, 6.07) is 0.0381. The minimum atomic E-state index is -0.749. The Bertz CT molecular complexity index is 177. The summed E-state index contributed by atoms with van der Waals surface area (Å²) in [7, 11) is 0. The van der Waals surface area contributed by atoms with Crippen LogP contribution in [-0.2, 0) is 4.79 Å². The lowest BCUT2D eigenvalue weighted by Crippen LogP contribution is -2.32. The fourth-order valence-corrected chi connectivity index (χ4v) is 1.35. The summed E-state index contributed by atoms with van der Waals surface area (Å²) in [4.78, 5) is 10.3. The molecule has 0 fully saturated rings. The fraction of sp³-hybridized carbons (Fsp3) is 0.625. The Hall–Kier alpha value is -0.830. The summed E-state index contributed by atoms with van der Waals surface area (Å²) in [5, 5.41) is 8.50. The highest BCUT2D eigenvalue weighted by molar-refractivity contribution is 5.67. The molecule has 0 aromatic heterocycles. The fourth-order valence-electron chi connectivity index (χ4n) is 1.35. The third-order valence-electron chi connectivity index (χ3n) is 2.06. The minimum Gasteiger partial charge on any atom is -0.481 e. The molecule has 0 saturated carbocycles. The third-order valence-corrected chi connectivity index (χ3v) is 2.06. The Kier molecular flexibility index (Phi) is 2.65. The number of nitrogens with two attached hydrogens (primary N) is 1. The Labute approximate surface area is 65.9 Å². The van der Waals surface area contributed by atoms with Crippen LogP contribution in [0, 0.1) is 5.92 Å². The summed E-state index contributed by atoms with van der Waals surface area (Å²) in [5.74, 6) is -0.613. The molecule has 0 spiro atoms. The van der Waals surface area contributed by atoms with E-state index in [9.17, 15) is 4.79 Å². The molecule has 0 heterocycles. The number of rotatable bonds is 2. The van der Waals surface area contributed by atoms with E-state index in [2.05, 4.69) is 0 Å². The number of hydrogen-bond acceptors (Lipinski definition) is 2. The van der Waals surface area contributed by atoms with Gasteiger partial charge in [-0.15, -0.1) is 0 Å². The van der Waals surface area contributed by atoms with Crippen LogP contribution >= 0.6 is 0 Å². The third kappa shape index (κ3) is 2.35. The molecule has 1 aliphatic carbocycles. The van der Waals surface area contributed by atoms with Crippen LogP contribution in [0.2, 0.25) is 0 Å². The van der Waals surface area contributed by atoms with Gasteiger partial charge in [-0.25, -0.2) is 0 Å².